The minimum atomic E-state index is -0.404. The maximum absolute atomic E-state index is 13.4. The smallest absolute Gasteiger partial charge is 0.305 e. The molecule has 3 heterocycles. The van der Waals surface area contributed by atoms with Gasteiger partial charge in [0.05, 0.1) is 16.9 Å². The largest absolute Gasteiger partial charge is 0.325 e. The first-order chi connectivity index (χ1) is 15.7. The lowest BCUT2D eigenvalue weighted by molar-refractivity contribution is -0.143. The zero-order chi connectivity index (χ0) is 23.2. The van der Waals surface area contributed by atoms with Crippen LogP contribution in [0.1, 0.15) is 25.1 Å². The van der Waals surface area contributed by atoms with E-state index in [2.05, 4.69) is 24.1 Å². The second kappa shape index (κ2) is 7.20. The summed E-state index contributed by atoms with van der Waals surface area (Å²) in [6.07, 6.45) is 0.850. The molecular weight excluding hydrogens is 482 g/mol. The minimum Gasteiger partial charge on any atom is -0.325 e. The molecule has 1 aromatic heterocycles. The number of likely N-dealkylation sites (tertiary alicyclic amines) is 1. The van der Waals surface area contributed by atoms with Gasteiger partial charge in [-0.15, -0.1) is 11.8 Å². The number of hydrogen-bond donors (Lipinski definition) is 2. The molecule has 3 fully saturated rings. The molecule has 2 N–H and O–H groups in total. The highest BCUT2D eigenvalue weighted by molar-refractivity contribution is 8.00. The zero-order valence-corrected chi connectivity index (χ0v) is 20.4. The molecule has 6 rings (SSSR count). The fourth-order valence-electron chi connectivity index (χ4n) is 6.75. The van der Waals surface area contributed by atoms with E-state index in [1.165, 1.54) is 11.3 Å². The number of nitrogens with one attached hydrogen (secondary N) is 2. The molecule has 0 spiro atoms. The Kier molecular flexibility index (Phi) is 4.68. The third-order valence-corrected chi connectivity index (χ3v) is 11.0. The van der Waals surface area contributed by atoms with Crippen molar-refractivity contribution in [2.45, 2.75) is 36.0 Å². The minimum absolute atomic E-state index is 0.0573. The SMILES string of the molecule is CC1(C)c2sc(=O)[nH]c2S[C@@H]2[C@@H]3C[C@H]([C@H]4C(=O)N(CC(=O)Nc5ccc(Cl)cc5)C(=O)[C@H]34)[C@H]21. The van der Waals surface area contributed by atoms with Crippen LogP contribution in [0.3, 0.4) is 0 Å². The van der Waals surface area contributed by atoms with E-state index in [9.17, 15) is 19.2 Å². The molecule has 3 amide bonds. The Morgan fingerprint density at radius 2 is 1.82 bits per heavy atom. The number of nitrogens with zero attached hydrogens (tertiary/aromatic N) is 1. The van der Waals surface area contributed by atoms with Gasteiger partial charge in [0.15, 0.2) is 0 Å². The number of rotatable bonds is 3. The summed E-state index contributed by atoms with van der Waals surface area (Å²) in [5.41, 5.74) is 0.315. The number of hydrogen-bond acceptors (Lipinski definition) is 6. The number of aromatic nitrogens is 1. The molecule has 33 heavy (non-hydrogen) atoms. The van der Waals surface area contributed by atoms with Gasteiger partial charge in [-0.3, -0.25) is 24.1 Å². The standard InChI is InChI=1S/C23H22ClN3O4S2/c1-23(2)16-11-7-12(17(16)32-19-18(23)33-22(31)26-19)15-14(11)20(29)27(21(15)30)8-13(28)25-10-5-3-9(24)4-6-10/h3-6,11-12,14-17H,7-8H2,1-2H3,(H,25,28)(H,26,31)/t11-,12-,14-,15-,16-,17-/m1/s1. The topological polar surface area (TPSA) is 99.3 Å². The predicted molar refractivity (Wildman–Crippen MR) is 126 cm³/mol. The van der Waals surface area contributed by atoms with E-state index in [1.807, 2.05) is 0 Å². The number of aromatic amines is 1. The van der Waals surface area contributed by atoms with Gasteiger partial charge in [-0.25, -0.2) is 0 Å². The third-order valence-electron chi connectivity index (χ3n) is 7.91. The van der Waals surface area contributed by atoms with Gasteiger partial charge in [0.2, 0.25) is 17.7 Å². The number of carbonyl (C=O) groups is 3. The Labute approximate surface area is 203 Å². The summed E-state index contributed by atoms with van der Waals surface area (Å²) in [5, 5.41) is 4.39. The van der Waals surface area contributed by atoms with Gasteiger partial charge in [-0.2, -0.15) is 0 Å². The number of H-pyrrole nitrogens is 1. The van der Waals surface area contributed by atoms with Crippen LogP contribution in [-0.2, 0) is 19.8 Å². The average Bonchev–Trinajstić information content (AvgIpc) is 3.48. The van der Waals surface area contributed by atoms with E-state index in [0.29, 0.717) is 10.7 Å². The molecule has 1 saturated heterocycles. The summed E-state index contributed by atoms with van der Waals surface area (Å²) in [6, 6.07) is 6.68. The van der Waals surface area contributed by atoms with Crippen LogP contribution in [0.15, 0.2) is 34.1 Å². The van der Waals surface area contributed by atoms with Crippen LogP contribution in [0, 0.1) is 29.6 Å². The van der Waals surface area contributed by atoms with Crippen LogP contribution >= 0.6 is 34.7 Å². The quantitative estimate of drug-likeness (QED) is 0.626. The van der Waals surface area contributed by atoms with E-state index in [0.717, 1.165) is 21.2 Å². The Balaban J connectivity index is 1.25. The summed E-state index contributed by atoms with van der Waals surface area (Å²) in [6.45, 7) is 4.03. The number of carbonyl (C=O) groups excluding carboxylic acids is 3. The monoisotopic (exact) mass is 503 g/mol. The number of imide groups is 1. The highest BCUT2D eigenvalue weighted by atomic mass is 35.5. The first-order valence-electron chi connectivity index (χ1n) is 11.0. The Hall–Kier alpha value is -2.10. The number of halogens is 1. The van der Waals surface area contributed by atoms with E-state index in [-0.39, 0.29) is 63.5 Å². The van der Waals surface area contributed by atoms with E-state index < -0.39 is 5.91 Å². The van der Waals surface area contributed by atoms with Gasteiger partial charge >= 0.3 is 4.87 Å². The predicted octanol–water partition coefficient (Wildman–Crippen LogP) is 3.35. The fourth-order valence-corrected chi connectivity index (χ4v) is 10.0. The van der Waals surface area contributed by atoms with Crippen molar-refractivity contribution >= 4 is 58.1 Å². The molecule has 2 saturated carbocycles. The van der Waals surface area contributed by atoms with E-state index in [1.54, 1.807) is 36.0 Å². The normalized spacial score (nSPS) is 33.1. The van der Waals surface area contributed by atoms with Gasteiger partial charge in [-0.1, -0.05) is 36.8 Å². The highest BCUT2D eigenvalue weighted by Crippen LogP contribution is 2.68. The van der Waals surface area contributed by atoms with Gasteiger partial charge in [0, 0.05) is 26.3 Å². The lowest BCUT2D eigenvalue weighted by Gasteiger charge is -2.47. The van der Waals surface area contributed by atoms with Crippen molar-refractivity contribution in [2.75, 3.05) is 11.9 Å². The molecule has 4 aliphatic rings. The fraction of sp³-hybridized carbons (Fsp3) is 0.478. The van der Waals surface area contributed by atoms with Crippen molar-refractivity contribution in [1.82, 2.24) is 9.88 Å². The first-order valence-corrected chi connectivity index (χ1v) is 13.0. The van der Waals surface area contributed by atoms with Crippen molar-refractivity contribution in [3.8, 4) is 0 Å². The van der Waals surface area contributed by atoms with Crippen LogP contribution in [0.25, 0.3) is 0 Å². The Bertz CT molecular complexity index is 1250. The molecule has 0 unspecified atom stereocenters. The van der Waals surface area contributed by atoms with Gasteiger partial charge < -0.3 is 10.3 Å². The molecule has 10 heteroatoms. The van der Waals surface area contributed by atoms with Crippen LogP contribution in [0.2, 0.25) is 5.02 Å². The van der Waals surface area contributed by atoms with Crippen LogP contribution in [0.5, 0.6) is 0 Å². The summed E-state index contributed by atoms with van der Waals surface area (Å²) >= 11 is 8.81. The van der Waals surface area contributed by atoms with Crippen LogP contribution in [-0.4, -0.2) is 39.4 Å². The van der Waals surface area contributed by atoms with Gasteiger partial charge in [-0.05, 0) is 48.4 Å². The molecule has 2 aliphatic heterocycles. The van der Waals surface area contributed by atoms with E-state index in [4.69, 9.17) is 11.6 Å². The summed E-state index contributed by atoms with van der Waals surface area (Å²) < 4.78 is 0. The number of benzene rings is 1. The molecule has 0 radical (unpaired) electrons. The molecule has 2 bridgehead atoms. The van der Waals surface area contributed by atoms with E-state index >= 15 is 0 Å². The molecule has 7 nitrogen and oxygen atoms in total. The van der Waals surface area contributed by atoms with Crippen molar-refractivity contribution in [1.29, 1.82) is 0 Å². The van der Waals surface area contributed by atoms with Gasteiger partial charge in [0.25, 0.3) is 0 Å². The number of anilines is 1. The third kappa shape index (κ3) is 3.01. The average molecular weight is 504 g/mol. The molecule has 2 aromatic rings. The summed E-state index contributed by atoms with van der Waals surface area (Å²) in [5.74, 6) is -1.23. The first kappa shape index (κ1) is 21.4. The second-order valence-electron chi connectivity index (χ2n) is 9.94. The highest BCUT2D eigenvalue weighted by Gasteiger charge is 2.70. The molecular formula is C23H22ClN3O4S2. The lowest BCUT2D eigenvalue weighted by Crippen LogP contribution is -2.48. The van der Waals surface area contributed by atoms with Crippen molar-refractivity contribution < 1.29 is 14.4 Å². The molecule has 1 aromatic carbocycles. The summed E-state index contributed by atoms with van der Waals surface area (Å²) in [4.78, 5) is 56.5. The maximum Gasteiger partial charge on any atom is 0.305 e. The van der Waals surface area contributed by atoms with Crippen molar-refractivity contribution in [2.24, 2.45) is 29.6 Å². The summed E-state index contributed by atoms with van der Waals surface area (Å²) in [7, 11) is 0. The van der Waals surface area contributed by atoms with Crippen molar-refractivity contribution in [3.05, 3.63) is 43.8 Å². The zero-order valence-electron chi connectivity index (χ0n) is 18.0. The number of fused-ring (bicyclic) bond motifs is 9. The van der Waals surface area contributed by atoms with Crippen LogP contribution < -0.4 is 10.2 Å². The molecule has 172 valence electrons. The maximum atomic E-state index is 13.4. The Morgan fingerprint density at radius 3 is 2.52 bits per heavy atom. The number of thioether (sulfide) groups is 1. The Morgan fingerprint density at radius 1 is 1.15 bits per heavy atom. The van der Waals surface area contributed by atoms with Gasteiger partial charge in [0.1, 0.15) is 6.54 Å². The second-order valence-corrected chi connectivity index (χ2v) is 12.5. The number of amides is 3. The van der Waals surface area contributed by atoms with Crippen molar-refractivity contribution in [3.63, 3.8) is 0 Å². The van der Waals surface area contributed by atoms with Crippen LogP contribution in [0.4, 0.5) is 5.69 Å². The number of thiazole rings is 1. The molecule has 6 atom stereocenters. The molecule has 2 aliphatic carbocycles. The lowest BCUT2D eigenvalue weighted by atomic mass is 9.64.